The quantitative estimate of drug-likeness (QED) is 0.206. The van der Waals surface area contributed by atoms with Gasteiger partial charge >= 0.3 is 15.6 Å². The van der Waals surface area contributed by atoms with E-state index >= 15 is 0 Å². The zero-order valence-corrected chi connectivity index (χ0v) is 19.3. The van der Waals surface area contributed by atoms with Gasteiger partial charge in [-0.2, -0.15) is 21.6 Å². The highest BCUT2D eigenvalue weighted by Crippen LogP contribution is 2.47. The van der Waals surface area contributed by atoms with Crippen molar-refractivity contribution in [1.29, 1.82) is 0 Å². The van der Waals surface area contributed by atoms with Crippen LogP contribution >= 0.6 is 0 Å². The van der Waals surface area contributed by atoms with Crippen LogP contribution in [-0.2, 0) is 24.6 Å². The molecule has 1 aliphatic heterocycles. The molecule has 0 amide bonds. The lowest BCUT2D eigenvalue weighted by atomic mass is 9.76. The molecule has 4 rings (SSSR count). The number of rotatable bonds is 7. The topological polar surface area (TPSA) is 66.9 Å². The largest absolute Gasteiger partial charge is 0.523 e. The van der Waals surface area contributed by atoms with Crippen molar-refractivity contribution in [2.45, 2.75) is 17.4 Å². The lowest BCUT2D eigenvalue weighted by molar-refractivity contribution is -0.109. The number of alkyl halides is 3. The molecular formula is C25H21F3N2O4S. The van der Waals surface area contributed by atoms with Gasteiger partial charge in [0.25, 0.3) is 0 Å². The molecule has 3 aromatic rings. The van der Waals surface area contributed by atoms with Gasteiger partial charge in [0.15, 0.2) is 6.29 Å². The normalized spacial score (nSPS) is 16.8. The Kier molecular flexibility index (Phi) is 6.44. The predicted octanol–water partition coefficient (Wildman–Crippen LogP) is 4.42. The van der Waals surface area contributed by atoms with Crippen LogP contribution in [0.25, 0.3) is 0 Å². The van der Waals surface area contributed by atoms with Gasteiger partial charge in [0, 0.05) is 13.2 Å². The second-order valence-corrected chi connectivity index (χ2v) is 9.38. The molecule has 0 spiro atoms. The van der Waals surface area contributed by atoms with Crippen LogP contribution in [0.2, 0.25) is 0 Å². The molecule has 0 saturated heterocycles. The van der Waals surface area contributed by atoms with E-state index in [2.05, 4.69) is 0 Å². The van der Waals surface area contributed by atoms with E-state index in [0.717, 1.165) is 4.90 Å². The van der Waals surface area contributed by atoms with Crippen molar-refractivity contribution in [3.8, 4) is 0 Å². The Bertz CT molecular complexity index is 1220. The molecular weight excluding hydrogens is 481 g/mol. The number of allylic oxidation sites excluding steroid dienone is 1. The highest BCUT2D eigenvalue weighted by atomic mass is 32.2. The second-order valence-electron chi connectivity index (χ2n) is 7.82. The van der Waals surface area contributed by atoms with E-state index in [0.29, 0.717) is 23.0 Å². The molecule has 6 nitrogen and oxygen atoms in total. The van der Waals surface area contributed by atoms with Gasteiger partial charge in [-0.3, -0.25) is 4.79 Å². The third-order valence-electron chi connectivity index (χ3n) is 5.83. The van der Waals surface area contributed by atoms with Gasteiger partial charge in [-0.1, -0.05) is 91.0 Å². The van der Waals surface area contributed by atoms with E-state index < -0.39 is 27.5 Å². The Labute approximate surface area is 201 Å². The van der Waals surface area contributed by atoms with Gasteiger partial charge < -0.3 is 9.80 Å². The van der Waals surface area contributed by atoms with Crippen LogP contribution in [-0.4, -0.2) is 43.4 Å². The Morgan fingerprint density at radius 1 is 0.800 bits per heavy atom. The Morgan fingerprint density at radius 3 is 1.54 bits per heavy atom. The standard InChI is InChI=1S/C25H21F3N2O4S/c1-29-22(18-31)17-30(23(29)34-35(32,33)25(26,27)28)24(19-11-5-2-6-12-19,20-13-7-3-8-14-20)21-15-9-4-10-16-21/h2-18,23H,1H3. The molecule has 35 heavy (non-hydrogen) atoms. The summed E-state index contributed by atoms with van der Waals surface area (Å²) in [6.45, 7) is 0. The zero-order valence-electron chi connectivity index (χ0n) is 18.5. The number of benzene rings is 3. The average Bonchev–Trinajstić information content (AvgIpc) is 3.16. The molecule has 0 N–H and O–H groups in total. The average molecular weight is 503 g/mol. The molecule has 1 unspecified atom stereocenters. The number of hydrogen-bond acceptors (Lipinski definition) is 6. The van der Waals surface area contributed by atoms with Gasteiger partial charge in [0.1, 0.15) is 5.54 Å². The molecule has 0 fully saturated rings. The predicted molar refractivity (Wildman–Crippen MR) is 123 cm³/mol. The SMILES string of the molecule is CN1C(C=O)=CN(C(c2ccccc2)(c2ccccc2)c2ccccc2)C1OS(=O)(=O)C(F)(F)F. The summed E-state index contributed by atoms with van der Waals surface area (Å²) < 4.78 is 69.1. The van der Waals surface area contributed by atoms with E-state index in [1.807, 2.05) is 0 Å². The minimum atomic E-state index is -6.02. The molecule has 0 radical (unpaired) electrons. The van der Waals surface area contributed by atoms with Crippen LogP contribution in [0.1, 0.15) is 16.7 Å². The third-order valence-corrected chi connectivity index (χ3v) is 6.82. The van der Waals surface area contributed by atoms with Crippen molar-refractivity contribution >= 4 is 16.4 Å². The number of halogens is 3. The first kappa shape index (κ1) is 24.5. The molecule has 0 saturated carbocycles. The molecule has 0 aliphatic carbocycles. The maximum Gasteiger partial charge on any atom is 0.523 e. The molecule has 1 aliphatic rings. The Morgan fingerprint density at radius 2 is 1.20 bits per heavy atom. The maximum atomic E-state index is 13.3. The van der Waals surface area contributed by atoms with Gasteiger partial charge in [-0.05, 0) is 16.7 Å². The van der Waals surface area contributed by atoms with E-state index in [9.17, 15) is 26.4 Å². The molecule has 0 bridgehead atoms. The minimum absolute atomic E-state index is 0.0560. The van der Waals surface area contributed by atoms with Gasteiger partial charge in [0.05, 0.1) is 5.70 Å². The van der Waals surface area contributed by atoms with Gasteiger partial charge in [-0.15, -0.1) is 0 Å². The Balaban J connectivity index is 2.06. The first-order valence-corrected chi connectivity index (χ1v) is 11.9. The van der Waals surface area contributed by atoms with Crippen molar-refractivity contribution in [3.05, 3.63) is 120 Å². The zero-order chi connectivity index (χ0) is 25.3. The van der Waals surface area contributed by atoms with Crippen molar-refractivity contribution in [2.75, 3.05) is 7.05 Å². The fourth-order valence-electron chi connectivity index (χ4n) is 4.25. The van der Waals surface area contributed by atoms with Gasteiger partial charge in [-0.25, -0.2) is 4.18 Å². The lowest BCUT2D eigenvalue weighted by Crippen LogP contribution is -2.54. The molecule has 182 valence electrons. The maximum absolute atomic E-state index is 13.3. The fourth-order valence-corrected chi connectivity index (χ4v) is 4.81. The summed E-state index contributed by atoms with van der Waals surface area (Å²) in [5, 5.41) is 0. The van der Waals surface area contributed by atoms with Crippen LogP contribution in [0.4, 0.5) is 13.2 Å². The first-order valence-electron chi connectivity index (χ1n) is 10.5. The van der Waals surface area contributed by atoms with E-state index in [4.69, 9.17) is 4.18 Å². The fraction of sp³-hybridized carbons (Fsp3) is 0.160. The molecule has 0 aromatic heterocycles. The molecule has 3 aromatic carbocycles. The summed E-state index contributed by atoms with van der Waals surface area (Å²) >= 11 is 0. The number of carbonyl (C=O) groups excluding carboxylic acids is 1. The molecule has 1 heterocycles. The smallest absolute Gasteiger partial charge is 0.327 e. The van der Waals surface area contributed by atoms with Crippen molar-refractivity contribution in [2.24, 2.45) is 0 Å². The number of hydrogen-bond donors (Lipinski definition) is 0. The highest BCUT2D eigenvalue weighted by molar-refractivity contribution is 7.87. The van der Waals surface area contributed by atoms with Crippen molar-refractivity contribution < 1.29 is 30.6 Å². The van der Waals surface area contributed by atoms with Crippen LogP contribution in [0.15, 0.2) is 103 Å². The first-order chi connectivity index (χ1) is 16.6. The third kappa shape index (κ3) is 4.19. The van der Waals surface area contributed by atoms with Crippen LogP contribution in [0, 0.1) is 0 Å². The monoisotopic (exact) mass is 502 g/mol. The van der Waals surface area contributed by atoms with Crippen molar-refractivity contribution in [3.63, 3.8) is 0 Å². The summed E-state index contributed by atoms with van der Waals surface area (Å²) in [4.78, 5) is 14.2. The highest BCUT2D eigenvalue weighted by Gasteiger charge is 2.54. The van der Waals surface area contributed by atoms with Crippen LogP contribution in [0.5, 0.6) is 0 Å². The van der Waals surface area contributed by atoms with Gasteiger partial charge in [0.2, 0.25) is 6.35 Å². The van der Waals surface area contributed by atoms with E-state index in [1.165, 1.54) is 18.1 Å². The number of nitrogens with zero attached hydrogens (tertiary/aromatic N) is 2. The summed E-state index contributed by atoms with van der Waals surface area (Å²) in [6.07, 6.45) is -0.0683. The number of carbonyl (C=O) groups is 1. The molecule has 1 atom stereocenters. The Hall–Kier alpha value is -3.63. The molecule has 10 heteroatoms. The van der Waals surface area contributed by atoms with Crippen molar-refractivity contribution in [1.82, 2.24) is 9.80 Å². The number of aldehydes is 1. The summed E-state index contributed by atoms with van der Waals surface area (Å²) in [7, 11) is -4.72. The van der Waals surface area contributed by atoms with E-state index in [1.54, 1.807) is 91.0 Å². The summed E-state index contributed by atoms with van der Waals surface area (Å²) in [5.74, 6) is 0. The van der Waals surface area contributed by atoms with Crippen LogP contribution < -0.4 is 0 Å². The summed E-state index contributed by atoms with van der Waals surface area (Å²) in [6, 6.07) is 26.6. The summed E-state index contributed by atoms with van der Waals surface area (Å²) in [5.41, 5.74) is -5.22. The lowest BCUT2D eigenvalue weighted by Gasteiger charge is -2.46. The second kappa shape index (κ2) is 9.20. The minimum Gasteiger partial charge on any atom is -0.327 e. The van der Waals surface area contributed by atoms with Crippen LogP contribution in [0.3, 0.4) is 0 Å². The number of likely N-dealkylation sites (N-methyl/N-ethyl adjacent to an activating group) is 1. The van der Waals surface area contributed by atoms with E-state index in [-0.39, 0.29) is 5.70 Å².